The number of hydrogen-bond acceptors (Lipinski definition) is 2. The highest BCUT2D eigenvalue weighted by Crippen LogP contribution is 2.32. The van der Waals surface area contributed by atoms with Gasteiger partial charge in [0, 0.05) is 6.54 Å². The van der Waals surface area contributed by atoms with Crippen LogP contribution in [-0.4, -0.2) is 9.55 Å². The van der Waals surface area contributed by atoms with E-state index in [1.54, 1.807) is 6.07 Å². The second-order valence-corrected chi connectivity index (χ2v) is 5.74. The van der Waals surface area contributed by atoms with Crippen LogP contribution in [0.2, 0.25) is 0 Å². The Labute approximate surface area is 112 Å². The average Bonchev–Trinajstić information content (AvgIpc) is 2.69. The largest absolute Gasteiger partial charge is 0.369 e. The van der Waals surface area contributed by atoms with Gasteiger partial charge in [0.05, 0.1) is 11.0 Å². The van der Waals surface area contributed by atoms with Gasteiger partial charge in [-0.25, -0.2) is 9.37 Å². The highest BCUT2D eigenvalue weighted by Gasteiger charge is 2.23. The molecule has 1 fully saturated rings. The van der Waals surface area contributed by atoms with Crippen LogP contribution in [0.25, 0.3) is 11.0 Å². The lowest BCUT2D eigenvalue weighted by atomic mass is 9.80. The molecule has 0 spiro atoms. The van der Waals surface area contributed by atoms with Crippen LogP contribution < -0.4 is 5.73 Å². The van der Waals surface area contributed by atoms with E-state index in [4.69, 9.17) is 5.73 Å². The summed E-state index contributed by atoms with van der Waals surface area (Å²) in [5.41, 5.74) is 7.59. The van der Waals surface area contributed by atoms with Crippen LogP contribution in [0.15, 0.2) is 18.2 Å². The molecule has 1 aliphatic carbocycles. The van der Waals surface area contributed by atoms with Gasteiger partial charge < -0.3 is 10.3 Å². The molecule has 1 aromatic heterocycles. The summed E-state index contributed by atoms with van der Waals surface area (Å²) in [7, 11) is 0. The van der Waals surface area contributed by atoms with Crippen molar-refractivity contribution in [1.82, 2.24) is 9.55 Å². The fourth-order valence-electron chi connectivity index (χ4n) is 3.21. The van der Waals surface area contributed by atoms with Gasteiger partial charge in [-0.15, -0.1) is 0 Å². The molecule has 1 aliphatic rings. The van der Waals surface area contributed by atoms with Gasteiger partial charge in [0.15, 0.2) is 0 Å². The molecule has 2 atom stereocenters. The number of halogens is 1. The summed E-state index contributed by atoms with van der Waals surface area (Å²) in [6.07, 6.45) is 5.13. The number of nitrogen functional groups attached to an aromatic ring is 1. The number of rotatable bonds is 2. The zero-order chi connectivity index (χ0) is 13.4. The minimum absolute atomic E-state index is 0.231. The molecule has 19 heavy (non-hydrogen) atoms. The summed E-state index contributed by atoms with van der Waals surface area (Å²) in [6.45, 7) is 3.16. The van der Waals surface area contributed by atoms with E-state index in [9.17, 15) is 4.39 Å². The third-order valence-corrected chi connectivity index (χ3v) is 4.45. The normalized spacial score (nSPS) is 23.9. The first-order valence-electron chi connectivity index (χ1n) is 7.06. The average molecular weight is 261 g/mol. The monoisotopic (exact) mass is 261 g/mol. The Morgan fingerprint density at radius 2 is 2.16 bits per heavy atom. The summed E-state index contributed by atoms with van der Waals surface area (Å²) in [6, 6.07) is 4.66. The third kappa shape index (κ3) is 2.31. The predicted molar refractivity (Wildman–Crippen MR) is 75.2 cm³/mol. The molecule has 2 N–H and O–H groups in total. The highest BCUT2D eigenvalue weighted by atomic mass is 19.1. The van der Waals surface area contributed by atoms with E-state index >= 15 is 0 Å². The van der Waals surface area contributed by atoms with Crippen molar-refractivity contribution in [2.45, 2.75) is 39.2 Å². The van der Waals surface area contributed by atoms with Crippen LogP contribution >= 0.6 is 0 Å². The molecule has 4 heteroatoms. The molecule has 1 saturated carbocycles. The molecule has 3 nitrogen and oxygen atoms in total. The summed E-state index contributed by atoms with van der Waals surface area (Å²) < 4.78 is 15.4. The number of anilines is 1. The number of imidazole rings is 1. The smallest absolute Gasteiger partial charge is 0.201 e. The van der Waals surface area contributed by atoms with E-state index in [0.29, 0.717) is 17.8 Å². The van der Waals surface area contributed by atoms with Crippen molar-refractivity contribution in [2.75, 3.05) is 5.73 Å². The Bertz CT molecular complexity index is 590. The number of nitrogens with zero attached hydrogens (tertiary/aromatic N) is 2. The molecule has 3 rings (SSSR count). The summed E-state index contributed by atoms with van der Waals surface area (Å²) >= 11 is 0. The quantitative estimate of drug-likeness (QED) is 0.898. The maximum Gasteiger partial charge on any atom is 0.201 e. The first kappa shape index (κ1) is 12.5. The molecule has 0 saturated heterocycles. The number of benzene rings is 1. The van der Waals surface area contributed by atoms with E-state index in [-0.39, 0.29) is 5.82 Å². The Morgan fingerprint density at radius 3 is 2.95 bits per heavy atom. The van der Waals surface area contributed by atoms with Gasteiger partial charge in [0.2, 0.25) is 5.95 Å². The fraction of sp³-hybridized carbons (Fsp3) is 0.533. The second-order valence-electron chi connectivity index (χ2n) is 5.74. The van der Waals surface area contributed by atoms with Crippen molar-refractivity contribution in [2.24, 2.45) is 11.8 Å². The summed E-state index contributed by atoms with van der Waals surface area (Å²) in [5.74, 6) is 1.60. The van der Waals surface area contributed by atoms with Gasteiger partial charge in [0.1, 0.15) is 5.82 Å². The van der Waals surface area contributed by atoms with Gasteiger partial charge in [-0.1, -0.05) is 26.2 Å². The van der Waals surface area contributed by atoms with Crippen LogP contribution in [0, 0.1) is 17.7 Å². The maximum absolute atomic E-state index is 13.4. The lowest BCUT2D eigenvalue weighted by Gasteiger charge is -2.29. The molecule has 1 heterocycles. The first-order chi connectivity index (χ1) is 9.15. The Balaban J connectivity index is 1.95. The predicted octanol–water partition coefficient (Wildman–Crippen LogP) is 3.58. The van der Waals surface area contributed by atoms with Crippen LogP contribution in [-0.2, 0) is 6.54 Å². The number of fused-ring (bicyclic) bond motifs is 1. The number of nitrogens with two attached hydrogens (primary N) is 1. The van der Waals surface area contributed by atoms with Gasteiger partial charge >= 0.3 is 0 Å². The molecule has 102 valence electrons. The SMILES string of the molecule is CC1CCCCC1Cn1c(N)nc2ccc(F)cc21. The molecular weight excluding hydrogens is 241 g/mol. The minimum Gasteiger partial charge on any atom is -0.369 e. The standard InChI is InChI=1S/C15H20FN3/c1-10-4-2-3-5-11(10)9-19-14-8-12(16)6-7-13(14)18-15(19)17/h6-8,10-11H,2-5,9H2,1H3,(H2,17,18). The van der Waals surface area contributed by atoms with E-state index in [2.05, 4.69) is 11.9 Å². The van der Waals surface area contributed by atoms with Crippen molar-refractivity contribution in [1.29, 1.82) is 0 Å². The first-order valence-corrected chi connectivity index (χ1v) is 7.06. The van der Waals surface area contributed by atoms with Gasteiger partial charge in [-0.05, 0) is 36.5 Å². The van der Waals surface area contributed by atoms with Gasteiger partial charge in [-0.3, -0.25) is 0 Å². The van der Waals surface area contributed by atoms with Crippen molar-refractivity contribution in [3.8, 4) is 0 Å². The zero-order valence-electron chi connectivity index (χ0n) is 11.3. The second kappa shape index (κ2) is 4.83. The van der Waals surface area contributed by atoms with Crippen molar-refractivity contribution in [3.05, 3.63) is 24.0 Å². The molecule has 0 amide bonds. The van der Waals surface area contributed by atoms with Crippen molar-refractivity contribution < 1.29 is 4.39 Å². The molecule has 0 bridgehead atoms. The van der Waals surface area contributed by atoms with E-state index in [1.807, 2.05) is 4.57 Å². The van der Waals surface area contributed by atoms with Gasteiger partial charge in [0.25, 0.3) is 0 Å². The lowest BCUT2D eigenvalue weighted by molar-refractivity contribution is 0.231. The van der Waals surface area contributed by atoms with Crippen LogP contribution in [0.3, 0.4) is 0 Å². The van der Waals surface area contributed by atoms with Gasteiger partial charge in [-0.2, -0.15) is 0 Å². The third-order valence-electron chi connectivity index (χ3n) is 4.45. The molecule has 0 radical (unpaired) electrons. The maximum atomic E-state index is 13.4. The zero-order valence-corrected chi connectivity index (χ0v) is 11.3. The molecule has 0 aliphatic heterocycles. The lowest BCUT2D eigenvalue weighted by Crippen LogP contribution is -2.22. The van der Waals surface area contributed by atoms with E-state index in [1.165, 1.54) is 37.8 Å². The topological polar surface area (TPSA) is 43.8 Å². The molecule has 2 aromatic rings. The number of aromatic nitrogens is 2. The van der Waals surface area contributed by atoms with Crippen molar-refractivity contribution >= 4 is 17.0 Å². The van der Waals surface area contributed by atoms with Crippen LogP contribution in [0.5, 0.6) is 0 Å². The molecular formula is C15H20FN3. The Hall–Kier alpha value is -1.58. The minimum atomic E-state index is -0.231. The summed E-state index contributed by atoms with van der Waals surface area (Å²) in [4.78, 5) is 4.32. The highest BCUT2D eigenvalue weighted by molar-refractivity contribution is 5.78. The van der Waals surface area contributed by atoms with Crippen LogP contribution in [0.4, 0.5) is 10.3 Å². The molecule has 1 aromatic carbocycles. The number of hydrogen-bond donors (Lipinski definition) is 1. The summed E-state index contributed by atoms with van der Waals surface area (Å²) in [5, 5.41) is 0. The van der Waals surface area contributed by atoms with E-state index in [0.717, 1.165) is 17.6 Å². The van der Waals surface area contributed by atoms with E-state index < -0.39 is 0 Å². The fourth-order valence-corrected chi connectivity index (χ4v) is 3.21. The van der Waals surface area contributed by atoms with Crippen molar-refractivity contribution in [3.63, 3.8) is 0 Å². The van der Waals surface area contributed by atoms with Crippen LogP contribution in [0.1, 0.15) is 32.6 Å². The Morgan fingerprint density at radius 1 is 1.37 bits per heavy atom. The molecule has 2 unspecified atom stereocenters. The Kier molecular flexibility index (Phi) is 3.17.